The molecule has 1 aromatic rings. The Morgan fingerprint density at radius 2 is 2.00 bits per heavy atom. The number of carbonyl (C=O) groups is 1. The molecule has 0 radical (unpaired) electrons. The normalized spacial score (nSPS) is 11.1. The molecule has 0 aliphatic rings. The van der Waals surface area contributed by atoms with Crippen LogP contribution in [0.5, 0.6) is 5.75 Å². The van der Waals surface area contributed by atoms with Gasteiger partial charge in [0, 0.05) is 0 Å². The highest BCUT2D eigenvalue weighted by Crippen LogP contribution is 2.14. The number of ether oxygens (including phenoxy) is 2. The van der Waals surface area contributed by atoms with Crippen LogP contribution in [0.1, 0.15) is 25.3 Å². The highest BCUT2D eigenvalue weighted by Gasteiger charge is 2.08. The number of carboxylic acid groups (broad SMARTS) is 1. The number of carboxylic acids is 1. The van der Waals surface area contributed by atoms with Crippen molar-refractivity contribution in [2.75, 3.05) is 13.7 Å². The summed E-state index contributed by atoms with van der Waals surface area (Å²) in [5, 5.41) is 9.02. The van der Waals surface area contributed by atoms with Crippen molar-refractivity contribution in [3.63, 3.8) is 0 Å². The minimum Gasteiger partial charge on any atom is -0.497 e. The predicted octanol–water partition coefficient (Wildman–Crippen LogP) is 2.94. The summed E-state index contributed by atoms with van der Waals surface area (Å²) in [6.45, 7) is 2.45. The molecule has 98 valence electrons. The average Bonchev–Trinajstić information content (AvgIpc) is 2.38. The molecule has 0 heterocycles. The van der Waals surface area contributed by atoms with Gasteiger partial charge in [0.05, 0.1) is 13.7 Å². The van der Waals surface area contributed by atoms with Crippen molar-refractivity contribution >= 4 is 12.0 Å². The first-order chi connectivity index (χ1) is 8.67. The maximum absolute atomic E-state index is 11.0. The van der Waals surface area contributed by atoms with Crippen LogP contribution in [0.4, 0.5) is 0 Å². The van der Waals surface area contributed by atoms with E-state index in [1.54, 1.807) is 31.4 Å². The summed E-state index contributed by atoms with van der Waals surface area (Å²) < 4.78 is 10.3. The third-order valence-electron chi connectivity index (χ3n) is 2.38. The molecule has 1 rings (SSSR count). The van der Waals surface area contributed by atoms with E-state index in [4.69, 9.17) is 14.6 Å². The Morgan fingerprint density at radius 1 is 1.33 bits per heavy atom. The molecule has 0 atom stereocenters. The lowest BCUT2D eigenvalue weighted by molar-refractivity contribution is -0.136. The second kappa shape index (κ2) is 7.37. The fourth-order valence-electron chi connectivity index (χ4n) is 1.34. The van der Waals surface area contributed by atoms with Crippen LogP contribution in [0.2, 0.25) is 0 Å². The third-order valence-corrected chi connectivity index (χ3v) is 2.38. The van der Waals surface area contributed by atoms with Gasteiger partial charge in [0.1, 0.15) is 5.75 Å². The average molecular weight is 250 g/mol. The minimum absolute atomic E-state index is 0.0337. The van der Waals surface area contributed by atoms with Gasteiger partial charge >= 0.3 is 5.97 Å². The van der Waals surface area contributed by atoms with Crippen molar-refractivity contribution < 1.29 is 19.4 Å². The molecule has 0 aromatic heterocycles. The molecule has 1 N–H and O–H groups in total. The maximum Gasteiger partial charge on any atom is 0.371 e. The molecular formula is C14H18O4. The summed E-state index contributed by atoms with van der Waals surface area (Å²) in [5.41, 5.74) is 0.768. The van der Waals surface area contributed by atoms with Crippen LogP contribution in [-0.2, 0) is 9.53 Å². The molecule has 0 aliphatic heterocycles. The molecular weight excluding hydrogens is 232 g/mol. The third kappa shape index (κ3) is 4.49. The highest BCUT2D eigenvalue weighted by molar-refractivity contribution is 5.89. The van der Waals surface area contributed by atoms with Gasteiger partial charge in [-0.2, -0.15) is 0 Å². The first kappa shape index (κ1) is 14.1. The summed E-state index contributed by atoms with van der Waals surface area (Å²) in [6, 6.07) is 7.12. The Labute approximate surface area is 107 Å². The van der Waals surface area contributed by atoms with E-state index in [-0.39, 0.29) is 5.76 Å². The van der Waals surface area contributed by atoms with Crippen LogP contribution in [0.15, 0.2) is 30.0 Å². The Morgan fingerprint density at radius 3 is 2.50 bits per heavy atom. The lowest BCUT2D eigenvalue weighted by Gasteiger charge is -2.06. The van der Waals surface area contributed by atoms with Gasteiger partial charge in [0.15, 0.2) is 0 Å². The van der Waals surface area contributed by atoms with Gasteiger partial charge in [0.25, 0.3) is 0 Å². The summed E-state index contributed by atoms with van der Waals surface area (Å²) >= 11 is 0. The van der Waals surface area contributed by atoms with E-state index >= 15 is 0 Å². The molecule has 0 fully saturated rings. The van der Waals surface area contributed by atoms with E-state index in [1.165, 1.54) is 6.08 Å². The molecule has 0 aliphatic carbocycles. The Bertz CT molecular complexity index is 406. The SMILES string of the molecule is CCCCOC(=Cc1ccc(OC)cc1)C(=O)O. The van der Waals surface area contributed by atoms with Crippen LogP contribution >= 0.6 is 0 Å². The number of benzene rings is 1. The molecule has 0 bridgehead atoms. The van der Waals surface area contributed by atoms with Crippen molar-refractivity contribution in [3.8, 4) is 5.75 Å². The zero-order chi connectivity index (χ0) is 13.4. The zero-order valence-electron chi connectivity index (χ0n) is 10.7. The van der Waals surface area contributed by atoms with Crippen molar-refractivity contribution in [1.29, 1.82) is 0 Å². The molecule has 4 heteroatoms. The summed E-state index contributed by atoms with van der Waals surface area (Å²) in [5.74, 6) is -0.355. The van der Waals surface area contributed by atoms with Gasteiger partial charge in [-0.05, 0) is 30.2 Å². The summed E-state index contributed by atoms with van der Waals surface area (Å²) in [6.07, 6.45) is 3.32. The van der Waals surface area contributed by atoms with E-state index in [0.29, 0.717) is 6.61 Å². The number of hydrogen-bond acceptors (Lipinski definition) is 3. The topological polar surface area (TPSA) is 55.8 Å². The van der Waals surface area contributed by atoms with Crippen molar-refractivity contribution in [2.45, 2.75) is 19.8 Å². The molecule has 1 aromatic carbocycles. The van der Waals surface area contributed by atoms with Crippen LogP contribution in [0, 0.1) is 0 Å². The highest BCUT2D eigenvalue weighted by atomic mass is 16.5. The standard InChI is InChI=1S/C14H18O4/c1-3-4-9-18-13(14(15)16)10-11-5-7-12(17-2)8-6-11/h5-8,10H,3-4,9H2,1-2H3,(H,15,16). The van der Waals surface area contributed by atoms with E-state index in [0.717, 1.165) is 24.2 Å². The zero-order valence-corrected chi connectivity index (χ0v) is 10.7. The summed E-state index contributed by atoms with van der Waals surface area (Å²) in [4.78, 5) is 11.0. The number of aliphatic carboxylic acids is 1. The number of unbranched alkanes of at least 4 members (excludes halogenated alkanes) is 1. The van der Waals surface area contributed by atoms with Crippen molar-refractivity contribution in [3.05, 3.63) is 35.6 Å². The van der Waals surface area contributed by atoms with Gasteiger partial charge in [-0.15, -0.1) is 0 Å². The van der Waals surface area contributed by atoms with E-state index < -0.39 is 5.97 Å². The molecule has 18 heavy (non-hydrogen) atoms. The van der Waals surface area contributed by atoms with Gasteiger partial charge in [-0.1, -0.05) is 25.5 Å². The quantitative estimate of drug-likeness (QED) is 0.459. The lowest BCUT2D eigenvalue weighted by Crippen LogP contribution is -2.05. The van der Waals surface area contributed by atoms with Gasteiger partial charge in [-0.25, -0.2) is 4.79 Å². The second-order valence-corrected chi connectivity index (χ2v) is 3.79. The molecule has 0 spiro atoms. The van der Waals surface area contributed by atoms with Crippen LogP contribution < -0.4 is 4.74 Å². The Kier molecular flexibility index (Phi) is 5.77. The number of rotatable bonds is 7. The first-order valence-electron chi connectivity index (χ1n) is 5.89. The first-order valence-corrected chi connectivity index (χ1v) is 5.89. The fourth-order valence-corrected chi connectivity index (χ4v) is 1.34. The predicted molar refractivity (Wildman–Crippen MR) is 69.5 cm³/mol. The van der Waals surface area contributed by atoms with Gasteiger partial charge in [0.2, 0.25) is 5.76 Å². The Balaban J connectivity index is 2.76. The summed E-state index contributed by atoms with van der Waals surface area (Å²) in [7, 11) is 1.58. The van der Waals surface area contributed by atoms with Crippen LogP contribution in [0.3, 0.4) is 0 Å². The molecule has 4 nitrogen and oxygen atoms in total. The van der Waals surface area contributed by atoms with E-state index in [1.807, 2.05) is 6.92 Å². The monoisotopic (exact) mass is 250 g/mol. The van der Waals surface area contributed by atoms with Gasteiger partial charge < -0.3 is 14.6 Å². The Hall–Kier alpha value is -1.97. The van der Waals surface area contributed by atoms with E-state index in [2.05, 4.69) is 0 Å². The number of methoxy groups -OCH3 is 1. The maximum atomic E-state index is 11.0. The van der Waals surface area contributed by atoms with Crippen LogP contribution in [0.25, 0.3) is 6.08 Å². The molecule has 0 saturated carbocycles. The smallest absolute Gasteiger partial charge is 0.371 e. The second-order valence-electron chi connectivity index (χ2n) is 3.79. The molecule has 0 saturated heterocycles. The van der Waals surface area contributed by atoms with Crippen molar-refractivity contribution in [1.82, 2.24) is 0 Å². The number of hydrogen-bond donors (Lipinski definition) is 1. The largest absolute Gasteiger partial charge is 0.497 e. The molecule has 0 unspecified atom stereocenters. The molecule has 0 amide bonds. The van der Waals surface area contributed by atoms with Crippen LogP contribution in [-0.4, -0.2) is 24.8 Å². The lowest BCUT2D eigenvalue weighted by atomic mass is 10.2. The van der Waals surface area contributed by atoms with Crippen molar-refractivity contribution in [2.24, 2.45) is 0 Å². The minimum atomic E-state index is -1.05. The van der Waals surface area contributed by atoms with E-state index in [9.17, 15) is 4.79 Å². The fraction of sp³-hybridized carbons (Fsp3) is 0.357. The van der Waals surface area contributed by atoms with Gasteiger partial charge in [-0.3, -0.25) is 0 Å².